The molecule has 0 aliphatic heterocycles. The van der Waals surface area contributed by atoms with Crippen LogP contribution in [0.3, 0.4) is 0 Å². The number of H-pyrrole nitrogens is 1. The van der Waals surface area contributed by atoms with E-state index in [0.717, 1.165) is 12.3 Å². The maximum atomic E-state index is 12.0. The molecule has 2 N–H and O–H groups in total. The average Bonchev–Trinajstić information content (AvgIpc) is 2.98. The van der Waals surface area contributed by atoms with Gasteiger partial charge in [0.05, 0.1) is 5.56 Å². The smallest absolute Gasteiger partial charge is 0.331 e. The van der Waals surface area contributed by atoms with Crippen molar-refractivity contribution in [1.82, 2.24) is 9.55 Å². The van der Waals surface area contributed by atoms with Gasteiger partial charge in [0.25, 0.3) is 5.56 Å². The number of rotatable bonds is 2. The van der Waals surface area contributed by atoms with Gasteiger partial charge in [-0.05, 0) is 50.9 Å². The summed E-state index contributed by atoms with van der Waals surface area (Å²) in [7, 11) is 0. The lowest BCUT2D eigenvalue weighted by Gasteiger charge is -2.29. The van der Waals surface area contributed by atoms with E-state index in [0.29, 0.717) is 11.8 Å². The van der Waals surface area contributed by atoms with Gasteiger partial charge in [-0.2, -0.15) is 0 Å². The third kappa shape index (κ3) is 1.83. The Bertz CT molecular complexity index is 616. The molecule has 0 saturated heterocycles. The number of hydrogen-bond acceptors (Lipinski definition) is 3. The van der Waals surface area contributed by atoms with Crippen LogP contribution in [0.2, 0.25) is 0 Å². The third-order valence-corrected chi connectivity index (χ3v) is 5.16. The summed E-state index contributed by atoms with van der Waals surface area (Å²) < 4.78 is 1.36. The Kier molecular flexibility index (Phi) is 2.80. The molecular formula is C14H20N2O3. The molecule has 0 amide bonds. The van der Waals surface area contributed by atoms with Gasteiger partial charge in [-0.15, -0.1) is 0 Å². The topological polar surface area (TPSA) is 75.1 Å². The minimum absolute atomic E-state index is 0.0571. The van der Waals surface area contributed by atoms with E-state index in [9.17, 15) is 14.7 Å². The molecule has 0 spiro atoms. The number of hydrogen-bond donors (Lipinski definition) is 2. The second-order valence-corrected chi connectivity index (χ2v) is 6.16. The molecule has 2 fully saturated rings. The van der Waals surface area contributed by atoms with Crippen molar-refractivity contribution < 1.29 is 5.11 Å². The van der Waals surface area contributed by atoms with Gasteiger partial charge in [-0.1, -0.05) is 6.42 Å². The molecule has 5 heteroatoms. The van der Waals surface area contributed by atoms with E-state index in [4.69, 9.17) is 0 Å². The lowest BCUT2D eigenvalue weighted by molar-refractivity contribution is 0.221. The third-order valence-electron chi connectivity index (χ3n) is 5.16. The summed E-state index contributed by atoms with van der Waals surface area (Å²) >= 11 is 0. The van der Waals surface area contributed by atoms with Gasteiger partial charge in [0, 0.05) is 6.04 Å². The van der Waals surface area contributed by atoms with Gasteiger partial charge >= 0.3 is 5.69 Å². The van der Waals surface area contributed by atoms with Crippen LogP contribution < -0.4 is 11.2 Å². The number of nitrogens with zero attached hydrogens (tertiary/aromatic N) is 1. The molecule has 2 aliphatic rings. The first-order valence-electron chi connectivity index (χ1n) is 7.03. The van der Waals surface area contributed by atoms with Crippen LogP contribution in [-0.4, -0.2) is 14.7 Å². The second kappa shape index (κ2) is 4.25. The first-order valence-corrected chi connectivity index (χ1v) is 7.03. The fourth-order valence-corrected chi connectivity index (χ4v) is 4.08. The van der Waals surface area contributed by atoms with Crippen molar-refractivity contribution in [3.05, 3.63) is 26.4 Å². The highest BCUT2D eigenvalue weighted by atomic mass is 16.3. The van der Waals surface area contributed by atoms with Gasteiger partial charge in [-0.3, -0.25) is 14.3 Å². The zero-order valence-corrected chi connectivity index (χ0v) is 11.3. The standard InChI is InChI=1S/C14H20N2O3/c1-7-12(17)15-14(19)16(13(7)18)8(2)11-6-9-3-4-10(11)5-9/h8-11,18H,3-6H2,1-2H3,(H,15,17,19). The van der Waals surface area contributed by atoms with E-state index >= 15 is 0 Å². The summed E-state index contributed by atoms with van der Waals surface area (Å²) in [6, 6.07) is -0.0571. The molecule has 2 saturated carbocycles. The van der Waals surface area contributed by atoms with Crippen molar-refractivity contribution in [1.29, 1.82) is 0 Å². The zero-order chi connectivity index (χ0) is 13.7. The van der Waals surface area contributed by atoms with Crippen LogP contribution in [0.1, 0.15) is 44.2 Å². The summed E-state index contributed by atoms with van der Waals surface area (Å²) in [6.07, 6.45) is 4.93. The van der Waals surface area contributed by atoms with Crippen molar-refractivity contribution in [2.45, 2.75) is 45.6 Å². The van der Waals surface area contributed by atoms with Gasteiger partial charge < -0.3 is 5.11 Å². The molecule has 1 heterocycles. The molecule has 0 radical (unpaired) electrons. The quantitative estimate of drug-likeness (QED) is 0.851. The minimum atomic E-state index is -0.501. The summed E-state index contributed by atoms with van der Waals surface area (Å²) in [5.74, 6) is 1.72. The molecule has 4 unspecified atom stereocenters. The van der Waals surface area contributed by atoms with Crippen LogP contribution in [0.4, 0.5) is 0 Å². The highest BCUT2D eigenvalue weighted by molar-refractivity contribution is 5.21. The largest absolute Gasteiger partial charge is 0.494 e. The number of nitrogens with one attached hydrogen (secondary N) is 1. The van der Waals surface area contributed by atoms with E-state index in [-0.39, 0.29) is 17.5 Å². The van der Waals surface area contributed by atoms with Crippen LogP contribution >= 0.6 is 0 Å². The van der Waals surface area contributed by atoms with Crippen LogP contribution in [0.25, 0.3) is 0 Å². The predicted octanol–water partition coefficient (Wildman–Crippen LogP) is 1.55. The van der Waals surface area contributed by atoms with Crippen molar-refractivity contribution in [2.24, 2.45) is 17.8 Å². The Morgan fingerprint density at radius 1 is 1.32 bits per heavy atom. The molecule has 19 heavy (non-hydrogen) atoms. The molecule has 4 atom stereocenters. The molecule has 2 aliphatic carbocycles. The fourth-order valence-electron chi connectivity index (χ4n) is 4.08. The number of aromatic nitrogens is 2. The van der Waals surface area contributed by atoms with Crippen LogP contribution in [0.5, 0.6) is 5.88 Å². The minimum Gasteiger partial charge on any atom is -0.494 e. The van der Waals surface area contributed by atoms with E-state index < -0.39 is 11.2 Å². The maximum absolute atomic E-state index is 12.0. The Morgan fingerprint density at radius 2 is 2.05 bits per heavy atom. The summed E-state index contributed by atoms with van der Waals surface area (Å²) in [5.41, 5.74) is -0.781. The van der Waals surface area contributed by atoms with E-state index in [1.807, 2.05) is 6.92 Å². The van der Waals surface area contributed by atoms with Gasteiger partial charge in [0.2, 0.25) is 5.88 Å². The number of aromatic hydroxyl groups is 1. The maximum Gasteiger partial charge on any atom is 0.331 e. The van der Waals surface area contributed by atoms with Crippen LogP contribution in [-0.2, 0) is 0 Å². The fraction of sp³-hybridized carbons (Fsp3) is 0.714. The monoisotopic (exact) mass is 264 g/mol. The SMILES string of the molecule is Cc1c(O)n(C(C)C2CC3CCC2C3)c(=O)[nH]c1=O. The summed E-state index contributed by atoms with van der Waals surface area (Å²) in [6.45, 7) is 3.52. The molecule has 0 aromatic carbocycles. The normalized spacial score (nSPS) is 30.7. The van der Waals surface area contributed by atoms with Crippen molar-refractivity contribution in [3.8, 4) is 5.88 Å². The molecule has 5 nitrogen and oxygen atoms in total. The lowest BCUT2D eigenvalue weighted by Crippen LogP contribution is -2.36. The van der Waals surface area contributed by atoms with Crippen LogP contribution in [0.15, 0.2) is 9.59 Å². The Balaban J connectivity index is 2.01. The second-order valence-electron chi connectivity index (χ2n) is 6.16. The molecular weight excluding hydrogens is 244 g/mol. The number of fused-ring (bicyclic) bond motifs is 2. The molecule has 1 aromatic rings. The summed E-state index contributed by atoms with van der Waals surface area (Å²) in [4.78, 5) is 25.7. The Morgan fingerprint density at radius 3 is 2.63 bits per heavy atom. The molecule has 104 valence electrons. The number of aromatic amines is 1. The molecule has 3 rings (SSSR count). The van der Waals surface area contributed by atoms with Crippen molar-refractivity contribution in [2.75, 3.05) is 0 Å². The van der Waals surface area contributed by atoms with Crippen LogP contribution in [0, 0.1) is 24.7 Å². The Labute approximate surface area is 111 Å². The first-order chi connectivity index (χ1) is 8.99. The molecule has 1 aromatic heterocycles. The lowest BCUT2D eigenvalue weighted by atomic mass is 9.84. The van der Waals surface area contributed by atoms with E-state index in [1.54, 1.807) is 0 Å². The van der Waals surface area contributed by atoms with E-state index in [1.165, 1.54) is 30.8 Å². The van der Waals surface area contributed by atoms with E-state index in [2.05, 4.69) is 4.98 Å². The van der Waals surface area contributed by atoms with Gasteiger partial charge in [0.15, 0.2) is 0 Å². The average molecular weight is 264 g/mol. The van der Waals surface area contributed by atoms with Gasteiger partial charge in [-0.25, -0.2) is 4.79 Å². The van der Waals surface area contributed by atoms with Crippen molar-refractivity contribution in [3.63, 3.8) is 0 Å². The Hall–Kier alpha value is -1.52. The molecule has 2 bridgehead atoms. The predicted molar refractivity (Wildman–Crippen MR) is 71.4 cm³/mol. The van der Waals surface area contributed by atoms with Gasteiger partial charge in [0.1, 0.15) is 0 Å². The highest BCUT2D eigenvalue weighted by Gasteiger charge is 2.43. The first kappa shape index (κ1) is 12.5. The zero-order valence-electron chi connectivity index (χ0n) is 11.3. The highest BCUT2D eigenvalue weighted by Crippen LogP contribution is 2.52. The summed E-state index contributed by atoms with van der Waals surface area (Å²) in [5, 5.41) is 10.1. The van der Waals surface area contributed by atoms with Crippen molar-refractivity contribution >= 4 is 0 Å².